The Balaban J connectivity index is 2.32. The first-order valence-electron chi connectivity index (χ1n) is 6.48. The van der Waals surface area contributed by atoms with Gasteiger partial charge in [-0.25, -0.2) is 8.42 Å². The van der Waals surface area contributed by atoms with Crippen molar-refractivity contribution in [1.82, 2.24) is 4.90 Å². The fraction of sp³-hybridized carbons (Fsp3) is 1.00. The average molecular weight is 262 g/mol. The molecule has 0 amide bonds. The highest BCUT2D eigenvalue weighted by Gasteiger charge is 2.26. The van der Waals surface area contributed by atoms with E-state index in [-0.39, 0.29) is 6.04 Å². The van der Waals surface area contributed by atoms with Crippen LogP contribution in [0.2, 0.25) is 0 Å². The number of hydrogen-bond acceptors (Lipinski definition) is 4. The third-order valence-electron chi connectivity index (χ3n) is 3.82. The van der Waals surface area contributed by atoms with Gasteiger partial charge in [0.1, 0.15) is 9.84 Å². The molecular weight excluding hydrogens is 236 g/mol. The van der Waals surface area contributed by atoms with Crippen LogP contribution in [0.25, 0.3) is 0 Å². The molecule has 17 heavy (non-hydrogen) atoms. The van der Waals surface area contributed by atoms with E-state index in [1.54, 1.807) is 0 Å². The van der Waals surface area contributed by atoms with Gasteiger partial charge in [-0.3, -0.25) is 0 Å². The van der Waals surface area contributed by atoms with E-state index in [1.165, 1.54) is 0 Å². The highest BCUT2D eigenvalue weighted by molar-refractivity contribution is 7.91. The molecule has 102 valence electrons. The lowest BCUT2D eigenvalue weighted by molar-refractivity contribution is 0.213. The van der Waals surface area contributed by atoms with Crippen LogP contribution in [0.5, 0.6) is 0 Å². The maximum Gasteiger partial charge on any atom is 0.150 e. The lowest BCUT2D eigenvalue weighted by Gasteiger charge is -2.32. The lowest BCUT2D eigenvalue weighted by Crippen LogP contribution is -2.41. The molecule has 0 aromatic heterocycles. The van der Waals surface area contributed by atoms with E-state index < -0.39 is 9.84 Å². The fourth-order valence-corrected chi connectivity index (χ4v) is 3.65. The molecule has 1 saturated heterocycles. The molecule has 0 aromatic rings. The lowest BCUT2D eigenvalue weighted by atomic mass is 10.0. The summed E-state index contributed by atoms with van der Waals surface area (Å²) < 4.78 is 22.7. The minimum absolute atomic E-state index is 0.241. The summed E-state index contributed by atoms with van der Waals surface area (Å²) in [4.78, 5) is 2.27. The minimum Gasteiger partial charge on any atom is -0.327 e. The first-order valence-corrected chi connectivity index (χ1v) is 8.30. The van der Waals surface area contributed by atoms with Crippen LogP contribution in [0.4, 0.5) is 0 Å². The first-order chi connectivity index (χ1) is 7.82. The predicted molar refractivity (Wildman–Crippen MR) is 71.7 cm³/mol. The molecular formula is C12H26N2O2S. The standard InChI is InChI=1S/C12H26N2O2S/c1-10(2)12(13)4-7-14(3)11-5-8-17(15,16)9-6-11/h10-12H,4-9,13H2,1-3H3. The molecule has 0 aromatic carbocycles. The summed E-state index contributed by atoms with van der Waals surface area (Å²) >= 11 is 0. The Bertz CT molecular complexity index is 313. The van der Waals surface area contributed by atoms with Gasteiger partial charge in [0, 0.05) is 12.1 Å². The van der Waals surface area contributed by atoms with Crippen LogP contribution < -0.4 is 5.73 Å². The van der Waals surface area contributed by atoms with Gasteiger partial charge in [0.25, 0.3) is 0 Å². The SMILES string of the molecule is CC(C)C(N)CCN(C)C1CCS(=O)(=O)CC1. The molecule has 4 nitrogen and oxygen atoms in total. The normalized spacial score (nSPS) is 23.2. The topological polar surface area (TPSA) is 63.4 Å². The van der Waals surface area contributed by atoms with E-state index in [1.807, 2.05) is 0 Å². The molecule has 5 heteroatoms. The third-order valence-corrected chi connectivity index (χ3v) is 5.53. The van der Waals surface area contributed by atoms with Gasteiger partial charge in [-0.05, 0) is 38.8 Å². The van der Waals surface area contributed by atoms with Crippen LogP contribution in [-0.2, 0) is 9.84 Å². The van der Waals surface area contributed by atoms with E-state index in [2.05, 4.69) is 25.8 Å². The first kappa shape index (κ1) is 14.9. The maximum atomic E-state index is 11.3. The van der Waals surface area contributed by atoms with Crippen molar-refractivity contribution in [3.05, 3.63) is 0 Å². The van der Waals surface area contributed by atoms with E-state index >= 15 is 0 Å². The quantitative estimate of drug-likeness (QED) is 0.798. The maximum absolute atomic E-state index is 11.3. The highest BCUT2D eigenvalue weighted by atomic mass is 32.2. The second-order valence-electron chi connectivity index (χ2n) is 5.56. The number of sulfone groups is 1. The van der Waals surface area contributed by atoms with Gasteiger partial charge in [0.15, 0.2) is 0 Å². The van der Waals surface area contributed by atoms with Gasteiger partial charge in [-0.15, -0.1) is 0 Å². The molecule has 1 atom stereocenters. The van der Waals surface area contributed by atoms with Gasteiger partial charge >= 0.3 is 0 Å². The average Bonchev–Trinajstić information content (AvgIpc) is 2.25. The van der Waals surface area contributed by atoms with Gasteiger partial charge < -0.3 is 10.6 Å². The monoisotopic (exact) mass is 262 g/mol. The molecule has 1 aliphatic rings. The molecule has 0 spiro atoms. The number of rotatable bonds is 5. The van der Waals surface area contributed by atoms with Crippen LogP contribution >= 0.6 is 0 Å². The Kier molecular flexibility index (Phi) is 5.41. The predicted octanol–water partition coefficient (Wildman–Crippen LogP) is 0.869. The van der Waals surface area contributed by atoms with Crippen molar-refractivity contribution in [2.75, 3.05) is 25.1 Å². The summed E-state index contributed by atoms with van der Waals surface area (Å²) in [6, 6.07) is 0.655. The van der Waals surface area contributed by atoms with Crippen LogP contribution in [0.3, 0.4) is 0 Å². The van der Waals surface area contributed by atoms with E-state index in [9.17, 15) is 8.42 Å². The molecule has 0 radical (unpaired) electrons. The van der Waals surface area contributed by atoms with Crippen molar-refractivity contribution in [3.8, 4) is 0 Å². The van der Waals surface area contributed by atoms with Gasteiger partial charge in [0.2, 0.25) is 0 Å². The van der Waals surface area contributed by atoms with Crippen LogP contribution in [0, 0.1) is 5.92 Å². The largest absolute Gasteiger partial charge is 0.327 e. The Hall–Kier alpha value is -0.130. The Morgan fingerprint density at radius 3 is 2.29 bits per heavy atom. The van der Waals surface area contributed by atoms with Crippen LogP contribution in [-0.4, -0.2) is 50.5 Å². The fourth-order valence-electron chi connectivity index (χ4n) is 2.19. The summed E-state index contributed by atoms with van der Waals surface area (Å²) in [7, 11) is -0.666. The molecule has 2 N–H and O–H groups in total. The molecule has 1 aliphatic heterocycles. The zero-order chi connectivity index (χ0) is 13.1. The van der Waals surface area contributed by atoms with Crippen molar-refractivity contribution in [2.24, 2.45) is 11.7 Å². The van der Waals surface area contributed by atoms with Crippen LogP contribution in [0.1, 0.15) is 33.1 Å². The molecule has 1 rings (SSSR count). The highest BCUT2D eigenvalue weighted by Crippen LogP contribution is 2.17. The summed E-state index contributed by atoms with van der Waals surface area (Å²) in [5, 5.41) is 0. The Morgan fingerprint density at radius 2 is 1.82 bits per heavy atom. The van der Waals surface area contributed by atoms with Gasteiger partial charge in [-0.1, -0.05) is 13.8 Å². The van der Waals surface area contributed by atoms with Crippen molar-refractivity contribution < 1.29 is 8.42 Å². The van der Waals surface area contributed by atoms with E-state index in [0.29, 0.717) is 23.5 Å². The summed E-state index contributed by atoms with van der Waals surface area (Å²) in [5.74, 6) is 1.20. The number of nitrogens with two attached hydrogens (primary N) is 1. The van der Waals surface area contributed by atoms with Crippen LogP contribution in [0.15, 0.2) is 0 Å². The number of nitrogens with zero attached hydrogens (tertiary/aromatic N) is 1. The van der Waals surface area contributed by atoms with Crippen molar-refractivity contribution in [2.45, 2.75) is 45.2 Å². The molecule has 0 saturated carbocycles. The van der Waals surface area contributed by atoms with Gasteiger partial charge in [-0.2, -0.15) is 0 Å². The Labute approximate surface area is 105 Å². The summed E-state index contributed by atoms with van der Waals surface area (Å²) in [6.45, 7) is 5.24. The molecule has 1 fully saturated rings. The molecule has 1 heterocycles. The summed E-state index contributed by atoms with van der Waals surface area (Å²) in [6.07, 6.45) is 2.53. The minimum atomic E-state index is -2.75. The summed E-state index contributed by atoms with van der Waals surface area (Å²) in [5.41, 5.74) is 6.01. The second-order valence-corrected chi connectivity index (χ2v) is 7.86. The van der Waals surface area contributed by atoms with E-state index in [4.69, 9.17) is 5.73 Å². The number of hydrogen-bond donors (Lipinski definition) is 1. The second kappa shape index (κ2) is 6.16. The molecule has 0 aliphatic carbocycles. The zero-order valence-corrected chi connectivity index (χ0v) is 12.0. The Morgan fingerprint density at radius 1 is 1.29 bits per heavy atom. The zero-order valence-electron chi connectivity index (χ0n) is 11.2. The van der Waals surface area contributed by atoms with Crippen molar-refractivity contribution in [3.63, 3.8) is 0 Å². The van der Waals surface area contributed by atoms with Gasteiger partial charge in [0.05, 0.1) is 11.5 Å². The van der Waals surface area contributed by atoms with Crippen molar-refractivity contribution in [1.29, 1.82) is 0 Å². The molecule has 1 unspecified atom stereocenters. The molecule has 0 bridgehead atoms. The van der Waals surface area contributed by atoms with E-state index in [0.717, 1.165) is 25.8 Å². The van der Waals surface area contributed by atoms with Crippen molar-refractivity contribution >= 4 is 9.84 Å². The third kappa shape index (κ3) is 4.94. The smallest absolute Gasteiger partial charge is 0.150 e.